The number of H-pyrrole nitrogens is 1. The van der Waals surface area contributed by atoms with E-state index in [4.69, 9.17) is 5.14 Å². The number of halogens is 3. The lowest BCUT2D eigenvalue weighted by Gasteiger charge is -2.11. The van der Waals surface area contributed by atoms with Crippen LogP contribution in [0.5, 0.6) is 0 Å². The number of thiophene rings is 1. The number of sulfonamides is 1. The lowest BCUT2D eigenvalue weighted by atomic mass is 10.1. The van der Waals surface area contributed by atoms with E-state index in [1.165, 1.54) is 18.3 Å². The molecule has 15 heteroatoms. The summed E-state index contributed by atoms with van der Waals surface area (Å²) in [5.41, 5.74) is 1.53. The van der Waals surface area contributed by atoms with Crippen LogP contribution in [-0.2, 0) is 26.0 Å². The van der Waals surface area contributed by atoms with E-state index in [1.807, 2.05) is 6.07 Å². The molecule has 0 unspecified atom stereocenters. The maximum Gasteiger partial charge on any atom is 0.490 e. The Balaban J connectivity index is 1.54. The number of carbonyl (C=O) groups is 1. The highest BCUT2D eigenvalue weighted by molar-refractivity contribution is 7.91. The summed E-state index contributed by atoms with van der Waals surface area (Å²) in [7, 11) is -3.88. The molecule has 0 bridgehead atoms. The van der Waals surface area contributed by atoms with Gasteiger partial charge in [-0.15, -0.1) is 11.3 Å². The molecule has 0 aliphatic heterocycles. The number of anilines is 2. The molecule has 182 valence electrons. The lowest BCUT2D eigenvalue weighted by molar-refractivity contribution is -0.199. The fraction of sp³-hybridized carbons (Fsp3) is 0.368. The third kappa shape index (κ3) is 5.90. The molecule has 10 nitrogen and oxygen atoms in total. The first-order valence-corrected chi connectivity index (χ1v) is 12.4. The molecule has 1 fully saturated rings. The van der Waals surface area contributed by atoms with Gasteiger partial charge in [-0.05, 0) is 37.8 Å². The van der Waals surface area contributed by atoms with Gasteiger partial charge in [-0.2, -0.15) is 18.3 Å². The van der Waals surface area contributed by atoms with Crippen LogP contribution in [0.3, 0.4) is 0 Å². The zero-order valence-corrected chi connectivity index (χ0v) is 19.1. The van der Waals surface area contributed by atoms with Gasteiger partial charge in [0.1, 0.15) is 10.0 Å². The monoisotopic (exact) mass is 516 g/mol. The van der Waals surface area contributed by atoms with Crippen molar-refractivity contribution < 1.29 is 31.1 Å². The standard InChI is InChI=1S/C19H19F3N6O4S2/c20-19(21,22)18(29)32-7-1-2-11-9-24-17(13-5-6-15(33-13)34(23,30)31)26-16(11)25-14-8-12(27-28-14)10-3-4-10/h5-6,8-10H,1-4,7H2,(H2,23,30,31)(H2,24,25,26,27,28). The Labute approximate surface area is 195 Å². The molecule has 0 radical (unpaired) electrons. The van der Waals surface area contributed by atoms with Gasteiger partial charge in [0.05, 0.1) is 11.5 Å². The predicted octanol–water partition coefficient (Wildman–Crippen LogP) is 3.23. The van der Waals surface area contributed by atoms with Gasteiger partial charge in [0.15, 0.2) is 11.6 Å². The fourth-order valence-electron chi connectivity index (χ4n) is 3.04. The number of esters is 1. The van der Waals surface area contributed by atoms with Gasteiger partial charge < -0.3 is 10.1 Å². The van der Waals surface area contributed by atoms with Crippen molar-refractivity contribution in [2.24, 2.45) is 5.14 Å². The third-order valence-electron chi connectivity index (χ3n) is 4.86. The van der Waals surface area contributed by atoms with Gasteiger partial charge in [-0.1, -0.05) is 0 Å². The number of nitrogens with one attached hydrogen (secondary N) is 2. The molecule has 0 saturated heterocycles. The topological polar surface area (TPSA) is 153 Å². The molecule has 1 aliphatic rings. The Morgan fingerprint density at radius 1 is 1.32 bits per heavy atom. The maximum atomic E-state index is 12.3. The summed E-state index contributed by atoms with van der Waals surface area (Å²) < 4.78 is 64.2. The largest absolute Gasteiger partial charge is 0.490 e. The Hall–Kier alpha value is -3.04. The quantitative estimate of drug-likeness (QED) is 0.289. The van der Waals surface area contributed by atoms with Crippen molar-refractivity contribution in [3.8, 4) is 10.7 Å². The number of carbonyl (C=O) groups excluding carboxylic acids is 1. The summed E-state index contributed by atoms with van der Waals surface area (Å²) in [6, 6.07) is 4.72. The maximum absolute atomic E-state index is 12.3. The lowest BCUT2D eigenvalue weighted by Crippen LogP contribution is -2.25. The summed E-state index contributed by atoms with van der Waals surface area (Å²) in [5, 5.41) is 15.4. The second-order valence-electron chi connectivity index (χ2n) is 7.58. The molecule has 4 N–H and O–H groups in total. The Bertz CT molecular complexity index is 1300. The Kier molecular flexibility index (Phi) is 6.60. The van der Waals surface area contributed by atoms with Crippen LogP contribution in [0.2, 0.25) is 0 Å². The van der Waals surface area contributed by atoms with Crippen LogP contribution in [0.25, 0.3) is 10.7 Å². The highest BCUT2D eigenvalue weighted by Crippen LogP contribution is 2.40. The first-order chi connectivity index (χ1) is 16.0. The number of aromatic amines is 1. The number of ether oxygens (including phenoxy) is 1. The number of hydrogen-bond donors (Lipinski definition) is 3. The summed E-state index contributed by atoms with van der Waals surface area (Å²) in [5.74, 6) is -0.744. The van der Waals surface area contributed by atoms with Crippen LogP contribution >= 0.6 is 11.3 Å². The SMILES string of the molecule is NS(=O)(=O)c1ccc(-c2ncc(CCCOC(=O)C(F)(F)F)c(Nc3cc(C4CC4)[nH]n3)n2)s1. The van der Waals surface area contributed by atoms with Crippen LogP contribution in [0, 0.1) is 0 Å². The normalized spacial score (nSPS) is 14.2. The first kappa shape index (κ1) is 24.1. The molecule has 1 saturated carbocycles. The third-order valence-corrected chi connectivity index (χ3v) is 7.38. The predicted molar refractivity (Wildman–Crippen MR) is 116 cm³/mol. The molecule has 3 aromatic heterocycles. The van der Waals surface area contributed by atoms with Gasteiger partial charge in [0, 0.05) is 29.4 Å². The number of hydrogen-bond acceptors (Lipinski definition) is 9. The van der Waals surface area contributed by atoms with Crippen LogP contribution in [-0.4, -0.2) is 47.3 Å². The van der Waals surface area contributed by atoms with E-state index in [2.05, 4.69) is 30.2 Å². The van der Waals surface area contributed by atoms with Gasteiger partial charge in [0.2, 0.25) is 10.0 Å². The first-order valence-electron chi connectivity index (χ1n) is 10.1. The number of nitrogens with zero attached hydrogens (tertiary/aromatic N) is 3. The van der Waals surface area contributed by atoms with E-state index in [0.717, 1.165) is 29.9 Å². The summed E-state index contributed by atoms with van der Waals surface area (Å²) in [6.45, 7) is -0.434. The smallest absolute Gasteiger partial charge is 0.459 e. The van der Waals surface area contributed by atoms with E-state index in [0.29, 0.717) is 28.0 Å². The minimum Gasteiger partial charge on any atom is -0.459 e. The van der Waals surface area contributed by atoms with Crippen molar-refractivity contribution in [3.05, 3.63) is 35.7 Å². The number of alkyl halides is 3. The van der Waals surface area contributed by atoms with E-state index in [9.17, 15) is 26.4 Å². The number of rotatable bonds is 9. The fourth-order valence-corrected chi connectivity index (χ4v) is 4.71. The van der Waals surface area contributed by atoms with Crippen molar-refractivity contribution in [2.45, 2.75) is 42.0 Å². The molecule has 34 heavy (non-hydrogen) atoms. The van der Waals surface area contributed by atoms with Gasteiger partial charge in [-0.3, -0.25) is 5.10 Å². The highest BCUT2D eigenvalue weighted by Gasteiger charge is 2.40. The molecular weight excluding hydrogens is 497 g/mol. The van der Waals surface area contributed by atoms with E-state index in [-0.39, 0.29) is 22.9 Å². The van der Waals surface area contributed by atoms with E-state index < -0.39 is 28.8 Å². The molecule has 4 rings (SSSR count). The zero-order valence-electron chi connectivity index (χ0n) is 17.4. The number of primary sulfonamides is 1. The van der Waals surface area contributed by atoms with Gasteiger partial charge >= 0.3 is 12.1 Å². The zero-order chi connectivity index (χ0) is 24.5. The van der Waals surface area contributed by atoms with Crippen LogP contribution in [0.1, 0.15) is 36.4 Å². The van der Waals surface area contributed by atoms with Crippen molar-refractivity contribution in [2.75, 3.05) is 11.9 Å². The second kappa shape index (κ2) is 9.31. The average molecular weight is 517 g/mol. The molecular formula is C19H19F3N6O4S2. The summed E-state index contributed by atoms with van der Waals surface area (Å²) in [6.07, 6.45) is -1.12. The molecule has 3 heterocycles. The second-order valence-corrected chi connectivity index (χ2v) is 10.4. The number of aryl methyl sites for hydroxylation is 1. The van der Waals surface area contributed by atoms with Crippen molar-refractivity contribution in [1.29, 1.82) is 0 Å². The summed E-state index contributed by atoms with van der Waals surface area (Å²) >= 11 is 0.905. The Morgan fingerprint density at radius 3 is 2.74 bits per heavy atom. The van der Waals surface area contributed by atoms with E-state index >= 15 is 0 Å². The number of nitrogens with two attached hydrogens (primary N) is 1. The van der Waals surface area contributed by atoms with Gasteiger partial charge in [0.25, 0.3) is 0 Å². The van der Waals surface area contributed by atoms with Crippen molar-refractivity contribution >= 4 is 39.0 Å². The molecule has 0 spiro atoms. The highest BCUT2D eigenvalue weighted by atomic mass is 32.2. The van der Waals surface area contributed by atoms with Crippen LogP contribution in [0.15, 0.2) is 28.6 Å². The molecule has 0 atom stereocenters. The molecule has 0 aromatic carbocycles. The Morgan fingerprint density at radius 2 is 2.09 bits per heavy atom. The van der Waals surface area contributed by atoms with Gasteiger partial charge in [-0.25, -0.2) is 28.3 Å². The number of aromatic nitrogens is 4. The minimum absolute atomic E-state index is 0.0439. The van der Waals surface area contributed by atoms with E-state index in [1.54, 1.807) is 0 Å². The molecule has 0 amide bonds. The van der Waals surface area contributed by atoms with Crippen molar-refractivity contribution in [1.82, 2.24) is 20.2 Å². The molecule has 3 aromatic rings. The summed E-state index contributed by atoms with van der Waals surface area (Å²) in [4.78, 5) is 20.0. The molecule has 1 aliphatic carbocycles. The van der Waals surface area contributed by atoms with Crippen LogP contribution in [0.4, 0.5) is 24.8 Å². The van der Waals surface area contributed by atoms with Crippen LogP contribution < -0.4 is 10.5 Å². The average Bonchev–Trinajstić information content (AvgIpc) is 3.28. The van der Waals surface area contributed by atoms with Crippen molar-refractivity contribution in [3.63, 3.8) is 0 Å². The minimum atomic E-state index is -5.05.